The number of carbonyl (C=O) groups excluding carboxylic acids is 2. The van der Waals surface area contributed by atoms with E-state index >= 15 is 0 Å². The van der Waals surface area contributed by atoms with Crippen molar-refractivity contribution in [3.05, 3.63) is 69.1 Å². The van der Waals surface area contributed by atoms with Crippen LogP contribution in [-0.2, 0) is 6.61 Å². The van der Waals surface area contributed by atoms with Gasteiger partial charge in [0.15, 0.2) is 5.78 Å². The molecule has 0 saturated heterocycles. The first-order chi connectivity index (χ1) is 12.6. The van der Waals surface area contributed by atoms with E-state index in [4.69, 9.17) is 16.3 Å². The normalized spacial score (nSPS) is 11.9. The molecule has 1 aliphatic rings. The van der Waals surface area contributed by atoms with Gasteiger partial charge < -0.3 is 10.1 Å². The maximum Gasteiger partial charge on any atom is 0.251 e. The Morgan fingerprint density at radius 3 is 2.92 bits per heavy atom. The van der Waals surface area contributed by atoms with Crippen LogP contribution in [0.4, 0.5) is 0 Å². The standard InChI is InChI=1S/C19H13ClN2O3S/c20-15-4-6-26-18(15)16(23)9-22-19(24)11-1-2-14-13-3-5-21-8-12(13)10-25-17(14)7-11/h1-8H,9-10H2,(H,22,24). The third-order valence-corrected chi connectivity index (χ3v) is 5.48. The fraction of sp³-hybridized carbons (Fsp3) is 0.105. The second-order valence-electron chi connectivity index (χ2n) is 5.74. The minimum atomic E-state index is -0.335. The molecule has 0 spiro atoms. The molecule has 0 atom stereocenters. The summed E-state index contributed by atoms with van der Waals surface area (Å²) in [6, 6.07) is 8.85. The molecule has 0 saturated carbocycles. The van der Waals surface area contributed by atoms with E-state index in [1.54, 1.807) is 36.0 Å². The quantitative estimate of drug-likeness (QED) is 0.691. The van der Waals surface area contributed by atoms with E-state index < -0.39 is 0 Å². The van der Waals surface area contributed by atoms with Crippen molar-refractivity contribution in [2.24, 2.45) is 0 Å². The van der Waals surface area contributed by atoms with Crippen molar-refractivity contribution in [1.82, 2.24) is 10.3 Å². The molecule has 7 heteroatoms. The zero-order valence-corrected chi connectivity index (χ0v) is 15.1. The first-order valence-electron chi connectivity index (χ1n) is 7.88. The summed E-state index contributed by atoms with van der Waals surface area (Å²) in [6.07, 6.45) is 3.51. The van der Waals surface area contributed by atoms with Crippen molar-refractivity contribution in [2.75, 3.05) is 6.54 Å². The Morgan fingerprint density at radius 2 is 2.12 bits per heavy atom. The SMILES string of the molecule is O=C(NCC(=O)c1sccc1Cl)c1ccc2c(c1)OCc1cnccc1-2. The Kier molecular flexibility index (Phi) is 4.44. The van der Waals surface area contributed by atoms with E-state index in [0.717, 1.165) is 16.7 Å². The van der Waals surface area contributed by atoms with E-state index in [-0.39, 0.29) is 18.2 Å². The van der Waals surface area contributed by atoms with Gasteiger partial charge in [-0.05, 0) is 41.3 Å². The second kappa shape index (κ2) is 6.90. The number of thiophene rings is 1. The van der Waals surface area contributed by atoms with Crippen LogP contribution in [0.25, 0.3) is 11.1 Å². The van der Waals surface area contributed by atoms with E-state index in [2.05, 4.69) is 10.3 Å². The van der Waals surface area contributed by atoms with Crippen LogP contribution >= 0.6 is 22.9 Å². The van der Waals surface area contributed by atoms with Crippen LogP contribution in [0, 0.1) is 0 Å². The molecule has 0 fully saturated rings. The summed E-state index contributed by atoms with van der Waals surface area (Å²) in [5.74, 6) is 0.0934. The predicted octanol–water partition coefficient (Wildman–Crippen LogP) is 3.97. The number of halogens is 1. The maximum atomic E-state index is 12.4. The van der Waals surface area contributed by atoms with Crippen LogP contribution in [0.2, 0.25) is 5.02 Å². The van der Waals surface area contributed by atoms with Crippen LogP contribution in [0.15, 0.2) is 48.1 Å². The van der Waals surface area contributed by atoms with E-state index in [9.17, 15) is 9.59 Å². The van der Waals surface area contributed by atoms with Crippen LogP contribution in [0.5, 0.6) is 5.75 Å². The van der Waals surface area contributed by atoms with Gasteiger partial charge in [-0.3, -0.25) is 14.6 Å². The molecule has 3 heterocycles. The van der Waals surface area contributed by atoms with Gasteiger partial charge in [0.2, 0.25) is 0 Å². The van der Waals surface area contributed by atoms with Gasteiger partial charge in [0.25, 0.3) is 5.91 Å². The number of aromatic nitrogens is 1. The van der Waals surface area contributed by atoms with Gasteiger partial charge in [0.05, 0.1) is 16.4 Å². The van der Waals surface area contributed by atoms with Gasteiger partial charge in [-0.2, -0.15) is 0 Å². The molecule has 0 radical (unpaired) electrons. The number of Topliss-reactive ketones (excluding diaryl/α,β-unsaturated/α-hetero) is 1. The van der Waals surface area contributed by atoms with Gasteiger partial charge in [-0.15, -0.1) is 11.3 Å². The average molecular weight is 385 g/mol. The zero-order valence-electron chi connectivity index (χ0n) is 13.5. The van der Waals surface area contributed by atoms with Gasteiger partial charge in [0, 0.05) is 29.1 Å². The van der Waals surface area contributed by atoms with Gasteiger partial charge in [-0.1, -0.05) is 11.6 Å². The van der Waals surface area contributed by atoms with Crippen molar-refractivity contribution in [1.29, 1.82) is 0 Å². The topological polar surface area (TPSA) is 68.3 Å². The number of pyridine rings is 1. The number of hydrogen-bond acceptors (Lipinski definition) is 5. The van der Waals surface area contributed by atoms with Crippen molar-refractivity contribution >= 4 is 34.6 Å². The van der Waals surface area contributed by atoms with Crippen molar-refractivity contribution in [2.45, 2.75) is 6.61 Å². The van der Waals surface area contributed by atoms with Gasteiger partial charge >= 0.3 is 0 Å². The van der Waals surface area contributed by atoms with Crippen LogP contribution in [0.3, 0.4) is 0 Å². The summed E-state index contributed by atoms with van der Waals surface area (Å²) >= 11 is 7.20. The molecule has 0 aliphatic carbocycles. The maximum absolute atomic E-state index is 12.4. The minimum Gasteiger partial charge on any atom is -0.488 e. The molecule has 130 valence electrons. The molecule has 26 heavy (non-hydrogen) atoms. The van der Waals surface area contributed by atoms with Gasteiger partial charge in [-0.25, -0.2) is 0 Å². The lowest BCUT2D eigenvalue weighted by Crippen LogP contribution is -2.29. The lowest BCUT2D eigenvalue weighted by atomic mass is 9.97. The number of ketones is 1. The molecule has 1 aliphatic heterocycles. The monoisotopic (exact) mass is 384 g/mol. The molecule has 3 aromatic rings. The molecule has 0 bridgehead atoms. The minimum absolute atomic E-state index is 0.106. The third-order valence-electron chi connectivity index (χ3n) is 4.10. The lowest BCUT2D eigenvalue weighted by Gasteiger charge is -2.20. The largest absolute Gasteiger partial charge is 0.488 e. The number of rotatable bonds is 4. The van der Waals surface area contributed by atoms with Crippen LogP contribution in [-0.4, -0.2) is 23.2 Å². The van der Waals surface area contributed by atoms with E-state index in [1.807, 2.05) is 12.1 Å². The second-order valence-corrected chi connectivity index (χ2v) is 7.06. The molecule has 1 N–H and O–H groups in total. The summed E-state index contributed by atoms with van der Waals surface area (Å²) in [5, 5.41) is 4.78. The molecule has 4 rings (SSSR count). The summed E-state index contributed by atoms with van der Waals surface area (Å²) < 4.78 is 5.74. The highest BCUT2D eigenvalue weighted by molar-refractivity contribution is 7.12. The summed E-state index contributed by atoms with van der Waals surface area (Å²) in [7, 11) is 0. The van der Waals surface area contributed by atoms with E-state index in [0.29, 0.717) is 27.8 Å². The molecule has 1 amide bonds. The summed E-state index contributed by atoms with van der Waals surface area (Å²) in [5.41, 5.74) is 3.42. The molecule has 5 nitrogen and oxygen atoms in total. The molecular weight excluding hydrogens is 372 g/mol. The highest BCUT2D eigenvalue weighted by Gasteiger charge is 2.19. The van der Waals surface area contributed by atoms with E-state index in [1.165, 1.54) is 11.3 Å². The Balaban J connectivity index is 1.50. The number of fused-ring (bicyclic) bond motifs is 3. The first kappa shape index (κ1) is 16.8. The molecule has 1 aromatic carbocycles. The van der Waals surface area contributed by atoms with Crippen molar-refractivity contribution < 1.29 is 14.3 Å². The number of hydrogen-bond donors (Lipinski definition) is 1. The number of ether oxygens (including phenoxy) is 1. The molecule has 2 aromatic heterocycles. The fourth-order valence-electron chi connectivity index (χ4n) is 2.80. The van der Waals surface area contributed by atoms with Crippen LogP contribution < -0.4 is 10.1 Å². The predicted molar refractivity (Wildman–Crippen MR) is 100.0 cm³/mol. The molecule has 0 unspecified atom stereocenters. The van der Waals surface area contributed by atoms with Crippen molar-refractivity contribution in [3.63, 3.8) is 0 Å². The van der Waals surface area contributed by atoms with Crippen LogP contribution in [0.1, 0.15) is 25.6 Å². The Hall–Kier alpha value is -2.70. The molecular formula is C19H13ClN2O3S. The lowest BCUT2D eigenvalue weighted by molar-refractivity contribution is 0.0905. The average Bonchev–Trinajstić information content (AvgIpc) is 3.11. The highest BCUT2D eigenvalue weighted by Crippen LogP contribution is 2.37. The first-order valence-corrected chi connectivity index (χ1v) is 9.14. The number of nitrogens with one attached hydrogen (secondary N) is 1. The zero-order chi connectivity index (χ0) is 18.1. The Labute approximate surface area is 158 Å². The number of benzene rings is 1. The summed E-state index contributed by atoms with van der Waals surface area (Å²) in [6.45, 7) is 0.308. The Bertz CT molecular complexity index is 1020. The number of amides is 1. The van der Waals surface area contributed by atoms with Crippen molar-refractivity contribution in [3.8, 4) is 16.9 Å². The third kappa shape index (κ3) is 3.09. The smallest absolute Gasteiger partial charge is 0.251 e. The number of carbonyl (C=O) groups is 2. The number of nitrogens with zero attached hydrogens (tertiary/aromatic N) is 1. The Morgan fingerprint density at radius 1 is 1.23 bits per heavy atom. The highest BCUT2D eigenvalue weighted by atomic mass is 35.5. The fourth-order valence-corrected chi connectivity index (χ4v) is 3.90. The summed E-state index contributed by atoms with van der Waals surface area (Å²) in [4.78, 5) is 29.0. The van der Waals surface area contributed by atoms with Gasteiger partial charge in [0.1, 0.15) is 12.4 Å².